The van der Waals surface area contributed by atoms with Gasteiger partial charge in [-0.15, -0.1) is 0 Å². The number of carbonyl (C=O) groups is 2. The van der Waals surface area contributed by atoms with Crippen LogP contribution in [0.3, 0.4) is 0 Å². The number of benzene rings is 1. The lowest BCUT2D eigenvalue weighted by atomic mass is 10.0. The maximum atomic E-state index is 12.4. The molecule has 0 unspecified atom stereocenters. The van der Waals surface area contributed by atoms with Crippen molar-refractivity contribution in [3.05, 3.63) is 65.1 Å². The predicted molar refractivity (Wildman–Crippen MR) is 166 cm³/mol. The molecule has 230 valence electrons. The van der Waals surface area contributed by atoms with Crippen LogP contribution in [0.1, 0.15) is 64.2 Å². The number of allylic oxidation sites excluding steroid dienone is 4. The van der Waals surface area contributed by atoms with Gasteiger partial charge in [0.05, 0.1) is 31.7 Å². The zero-order valence-electron chi connectivity index (χ0n) is 26.2. The molecule has 1 aromatic carbocycles. The van der Waals surface area contributed by atoms with Gasteiger partial charge in [0.25, 0.3) is 0 Å². The summed E-state index contributed by atoms with van der Waals surface area (Å²) in [4.78, 5) is 26.7. The zero-order chi connectivity index (χ0) is 31.4. The first-order valence-electron chi connectivity index (χ1n) is 14.0. The van der Waals surface area contributed by atoms with Gasteiger partial charge in [0.2, 0.25) is 5.91 Å². The van der Waals surface area contributed by atoms with E-state index in [1.54, 1.807) is 39.1 Å². The monoisotopic (exact) mass is 582 g/mol. The molecule has 1 amide bonds. The lowest BCUT2D eigenvalue weighted by molar-refractivity contribution is -0.158. The number of carbonyl (C=O) groups excluding carboxylic acids is 2. The number of aryl methyl sites for hydroxylation is 2. The molecule has 1 aromatic rings. The Labute approximate surface area is 249 Å². The van der Waals surface area contributed by atoms with Gasteiger partial charge in [0.1, 0.15) is 11.5 Å². The molecule has 0 spiro atoms. The number of methoxy groups -OCH3 is 1. The molecule has 0 saturated carbocycles. The molecule has 0 aromatic heterocycles. The Kier molecular flexibility index (Phi) is 12.9. The molecule has 0 radical (unpaired) electrons. The van der Waals surface area contributed by atoms with Crippen molar-refractivity contribution < 1.29 is 23.8 Å². The van der Waals surface area contributed by atoms with Crippen LogP contribution in [0, 0.1) is 13.8 Å². The highest BCUT2D eigenvalue weighted by atomic mass is 16.6. The Morgan fingerprint density at radius 1 is 1.14 bits per heavy atom. The van der Waals surface area contributed by atoms with Crippen LogP contribution in [0.2, 0.25) is 0 Å². The summed E-state index contributed by atoms with van der Waals surface area (Å²) in [5.74, 6) is 5.96. The van der Waals surface area contributed by atoms with Gasteiger partial charge in [-0.05, 0) is 82.9 Å². The molecule has 3 N–H and O–H groups in total. The first kappa shape index (κ1) is 34.2. The van der Waals surface area contributed by atoms with Crippen LogP contribution in [0.25, 0.3) is 0 Å². The van der Waals surface area contributed by atoms with Crippen LogP contribution in [-0.4, -0.2) is 65.7 Å². The molecule has 2 rings (SSSR count). The molecular formula is C31H46N6O5. The number of hydrazone groups is 2. The van der Waals surface area contributed by atoms with Crippen LogP contribution < -0.4 is 16.0 Å². The van der Waals surface area contributed by atoms with E-state index in [4.69, 9.17) is 25.2 Å². The van der Waals surface area contributed by atoms with E-state index >= 15 is 0 Å². The maximum absolute atomic E-state index is 12.4. The smallest absolute Gasteiger partial charge is 0.349 e. The van der Waals surface area contributed by atoms with Crippen molar-refractivity contribution in [1.82, 2.24) is 15.4 Å². The van der Waals surface area contributed by atoms with Crippen LogP contribution in [0.15, 0.2) is 58.6 Å². The first-order chi connectivity index (χ1) is 19.9. The molecule has 0 bridgehead atoms. The average Bonchev–Trinajstić information content (AvgIpc) is 2.93. The van der Waals surface area contributed by atoms with E-state index in [0.29, 0.717) is 37.4 Å². The van der Waals surface area contributed by atoms with E-state index in [1.807, 2.05) is 56.9 Å². The van der Waals surface area contributed by atoms with Gasteiger partial charge in [0.15, 0.2) is 5.60 Å². The highest BCUT2D eigenvalue weighted by Crippen LogP contribution is 2.30. The van der Waals surface area contributed by atoms with Gasteiger partial charge in [-0.3, -0.25) is 15.1 Å². The standard InChI is InChI=1S/C31H46N6O5/c1-10-26(13-14-27(11-2)40-9)37-34-23(6)17-25(35-37)19-36(20-28(38)33-32)18-24-15-21(4)29(22(5)16-24)42-31(7,8)30(39)41-12-3/h11,13-16H,2,10,12,17-20,32H2,1,3-9H3,(H,33,38)/b26-13+,27-14+. The fourth-order valence-corrected chi connectivity index (χ4v) is 4.45. The average molecular weight is 583 g/mol. The number of amides is 1. The van der Waals surface area contributed by atoms with Crippen molar-refractivity contribution >= 4 is 23.3 Å². The lowest BCUT2D eigenvalue weighted by Gasteiger charge is -2.28. The lowest BCUT2D eigenvalue weighted by Crippen LogP contribution is -2.43. The Balaban J connectivity index is 2.34. The third-order valence-corrected chi connectivity index (χ3v) is 6.44. The van der Waals surface area contributed by atoms with Crippen molar-refractivity contribution in [3.8, 4) is 5.75 Å². The Morgan fingerprint density at radius 2 is 1.81 bits per heavy atom. The van der Waals surface area contributed by atoms with Crippen molar-refractivity contribution in [2.75, 3.05) is 26.8 Å². The van der Waals surface area contributed by atoms with Crippen molar-refractivity contribution in [1.29, 1.82) is 0 Å². The van der Waals surface area contributed by atoms with Gasteiger partial charge in [-0.2, -0.15) is 15.3 Å². The Hall–Kier alpha value is -3.96. The molecule has 11 heteroatoms. The highest BCUT2D eigenvalue weighted by Gasteiger charge is 2.32. The number of esters is 1. The van der Waals surface area contributed by atoms with Crippen LogP contribution in [0.5, 0.6) is 5.75 Å². The fraction of sp³-hybridized carbons (Fsp3) is 0.484. The van der Waals surface area contributed by atoms with Crippen molar-refractivity contribution in [2.24, 2.45) is 16.0 Å². The highest BCUT2D eigenvalue weighted by molar-refractivity contribution is 6.05. The van der Waals surface area contributed by atoms with Crippen LogP contribution >= 0.6 is 0 Å². The minimum atomic E-state index is -1.14. The number of nitrogens with zero attached hydrogens (tertiary/aromatic N) is 4. The van der Waals surface area contributed by atoms with Gasteiger partial charge < -0.3 is 14.2 Å². The van der Waals surface area contributed by atoms with E-state index in [-0.39, 0.29) is 19.1 Å². The number of nitrogens with one attached hydrogen (secondary N) is 1. The van der Waals surface area contributed by atoms with Crippen molar-refractivity contribution in [2.45, 2.75) is 73.5 Å². The summed E-state index contributed by atoms with van der Waals surface area (Å²) in [5, 5.41) is 11.1. The number of ether oxygens (including phenoxy) is 3. The summed E-state index contributed by atoms with van der Waals surface area (Å²) >= 11 is 0. The topological polar surface area (TPSA) is 131 Å². The molecule has 42 heavy (non-hydrogen) atoms. The predicted octanol–water partition coefficient (Wildman–Crippen LogP) is 4.26. The SMILES string of the molecule is C=C/C(=C\C=C(/CC)N1N=C(C)CC(CN(CC(=O)NN)Cc2cc(C)c(OC(C)(C)C(=O)OCC)c(C)c2)=N1)OC. The summed E-state index contributed by atoms with van der Waals surface area (Å²) in [7, 11) is 1.59. The summed E-state index contributed by atoms with van der Waals surface area (Å²) in [5.41, 5.74) is 6.44. The molecular weight excluding hydrogens is 536 g/mol. The van der Waals surface area contributed by atoms with Gasteiger partial charge in [0, 0.05) is 25.2 Å². The maximum Gasteiger partial charge on any atom is 0.349 e. The molecule has 0 saturated heterocycles. The van der Waals surface area contributed by atoms with Gasteiger partial charge >= 0.3 is 5.97 Å². The zero-order valence-corrected chi connectivity index (χ0v) is 26.2. The minimum absolute atomic E-state index is 0.0771. The third kappa shape index (κ3) is 9.85. The van der Waals surface area contributed by atoms with E-state index in [0.717, 1.165) is 33.8 Å². The number of hydrazine groups is 1. The second kappa shape index (κ2) is 15.9. The number of hydrogen-bond donors (Lipinski definition) is 2. The molecule has 0 aliphatic carbocycles. The van der Waals surface area contributed by atoms with Crippen LogP contribution in [-0.2, 0) is 25.6 Å². The third-order valence-electron chi connectivity index (χ3n) is 6.44. The fourth-order valence-electron chi connectivity index (χ4n) is 4.45. The molecule has 11 nitrogen and oxygen atoms in total. The Bertz CT molecular complexity index is 1240. The quantitative estimate of drug-likeness (QED) is 0.0783. The second-order valence-electron chi connectivity index (χ2n) is 10.6. The summed E-state index contributed by atoms with van der Waals surface area (Å²) in [6.45, 7) is 18.0. The largest absolute Gasteiger partial charge is 0.497 e. The molecule has 1 aliphatic heterocycles. The summed E-state index contributed by atoms with van der Waals surface area (Å²) in [6, 6.07) is 3.99. The first-order valence-corrected chi connectivity index (χ1v) is 14.0. The summed E-state index contributed by atoms with van der Waals surface area (Å²) in [6.07, 6.45) is 6.63. The molecule has 1 aliphatic rings. The second-order valence-corrected chi connectivity index (χ2v) is 10.6. The van der Waals surface area contributed by atoms with E-state index in [9.17, 15) is 9.59 Å². The Morgan fingerprint density at radius 3 is 2.36 bits per heavy atom. The normalized spacial score (nSPS) is 14.3. The number of nitrogens with two attached hydrogens (primary N) is 1. The van der Waals surface area contributed by atoms with Crippen molar-refractivity contribution in [3.63, 3.8) is 0 Å². The van der Waals surface area contributed by atoms with Crippen LogP contribution in [0.4, 0.5) is 0 Å². The minimum Gasteiger partial charge on any atom is -0.497 e. The van der Waals surface area contributed by atoms with Gasteiger partial charge in [-0.25, -0.2) is 10.6 Å². The van der Waals surface area contributed by atoms with Gasteiger partial charge in [-0.1, -0.05) is 25.6 Å². The van der Waals surface area contributed by atoms with E-state index < -0.39 is 11.6 Å². The number of rotatable bonds is 15. The number of hydrogen-bond acceptors (Lipinski definition) is 10. The van der Waals surface area contributed by atoms with E-state index in [2.05, 4.69) is 17.1 Å². The molecule has 0 fully saturated rings. The molecule has 1 heterocycles. The van der Waals surface area contributed by atoms with E-state index in [1.165, 1.54) is 0 Å². The summed E-state index contributed by atoms with van der Waals surface area (Å²) < 4.78 is 16.6. The molecule has 0 atom stereocenters.